The lowest BCUT2D eigenvalue weighted by Crippen LogP contribution is -2.46. The van der Waals surface area contributed by atoms with Gasteiger partial charge in [-0.15, -0.1) is 0 Å². The molecule has 0 aliphatic heterocycles. The molecule has 0 saturated heterocycles. The van der Waals surface area contributed by atoms with Gasteiger partial charge >= 0.3 is 0 Å². The molecule has 0 spiro atoms. The van der Waals surface area contributed by atoms with Gasteiger partial charge < -0.3 is 10.1 Å². The SMILES string of the molecule is COc1ccc(S(N)(=O)=O)cc1C(=O)NNC(=S)NCc1ccccc1. The molecule has 10 heteroatoms. The Morgan fingerprint density at radius 1 is 1.15 bits per heavy atom. The summed E-state index contributed by atoms with van der Waals surface area (Å²) in [6.07, 6.45) is 0. The van der Waals surface area contributed by atoms with Crippen molar-refractivity contribution in [2.45, 2.75) is 11.4 Å². The van der Waals surface area contributed by atoms with Crippen molar-refractivity contribution in [1.29, 1.82) is 0 Å². The van der Waals surface area contributed by atoms with Crippen molar-refractivity contribution in [1.82, 2.24) is 16.2 Å². The van der Waals surface area contributed by atoms with Crippen molar-refractivity contribution in [3.63, 3.8) is 0 Å². The maximum Gasteiger partial charge on any atom is 0.273 e. The Hall–Kier alpha value is -2.69. The molecule has 0 heterocycles. The van der Waals surface area contributed by atoms with Crippen molar-refractivity contribution in [2.24, 2.45) is 5.14 Å². The van der Waals surface area contributed by atoms with Crippen LogP contribution in [0.25, 0.3) is 0 Å². The molecule has 0 unspecified atom stereocenters. The third-order valence-corrected chi connectivity index (χ3v) is 4.49. The molecule has 26 heavy (non-hydrogen) atoms. The molecule has 0 saturated carbocycles. The van der Waals surface area contributed by atoms with Crippen LogP contribution in [-0.2, 0) is 16.6 Å². The Morgan fingerprint density at radius 3 is 2.46 bits per heavy atom. The summed E-state index contributed by atoms with van der Waals surface area (Å²) in [5.74, 6) is -0.434. The molecule has 2 rings (SSSR count). The number of primary sulfonamides is 1. The van der Waals surface area contributed by atoms with Gasteiger partial charge in [0.2, 0.25) is 10.0 Å². The zero-order valence-electron chi connectivity index (χ0n) is 13.9. The molecule has 5 N–H and O–H groups in total. The zero-order valence-corrected chi connectivity index (χ0v) is 15.5. The number of hydrogen-bond acceptors (Lipinski definition) is 5. The molecule has 0 bridgehead atoms. The second-order valence-electron chi connectivity index (χ2n) is 5.15. The van der Waals surface area contributed by atoms with Gasteiger partial charge in [0.25, 0.3) is 5.91 Å². The Morgan fingerprint density at radius 2 is 1.85 bits per heavy atom. The highest BCUT2D eigenvalue weighted by atomic mass is 32.2. The number of thiocarbonyl (C=S) groups is 1. The molecular formula is C16H18N4O4S2. The van der Waals surface area contributed by atoms with Gasteiger partial charge in [0.05, 0.1) is 17.6 Å². The molecule has 0 aliphatic rings. The molecule has 8 nitrogen and oxygen atoms in total. The summed E-state index contributed by atoms with van der Waals surface area (Å²) < 4.78 is 28.0. The fourth-order valence-corrected chi connectivity index (χ4v) is 2.71. The van der Waals surface area contributed by atoms with Crippen molar-refractivity contribution >= 4 is 33.3 Å². The first-order chi connectivity index (χ1) is 12.3. The quantitative estimate of drug-likeness (QED) is 0.434. The fourth-order valence-electron chi connectivity index (χ4n) is 2.04. The van der Waals surface area contributed by atoms with Crippen LogP contribution in [0, 0.1) is 0 Å². The second kappa shape index (κ2) is 8.61. The lowest BCUT2D eigenvalue weighted by atomic mass is 10.2. The van der Waals surface area contributed by atoms with E-state index in [4.69, 9.17) is 22.1 Å². The van der Waals surface area contributed by atoms with Gasteiger partial charge in [0.1, 0.15) is 5.75 Å². The minimum absolute atomic E-state index is 0.00242. The van der Waals surface area contributed by atoms with Crippen molar-refractivity contribution in [2.75, 3.05) is 7.11 Å². The van der Waals surface area contributed by atoms with E-state index in [0.29, 0.717) is 6.54 Å². The number of amides is 1. The molecule has 138 valence electrons. The normalized spacial score (nSPS) is 10.7. The van der Waals surface area contributed by atoms with E-state index < -0.39 is 15.9 Å². The summed E-state index contributed by atoms with van der Waals surface area (Å²) in [4.78, 5) is 12.1. The zero-order chi connectivity index (χ0) is 19.2. The molecular weight excluding hydrogens is 376 g/mol. The molecule has 2 aromatic rings. The molecule has 0 fully saturated rings. The summed E-state index contributed by atoms with van der Waals surface area (Å²) >= 11 is 5.08. The Kier molecular flexibility index (Phi) is 6.50. The van der Waals surface area contributed by atoms with Gasteiger partial charge in [-0.1, -0.05) is 30.3 Å². The number of methoxy groups -OCH3 is 1. The van der Waals surface area contributed by atoms with Crippen LogP contribution < -0.4 is 26.0 Å². The van der Waals surface area contributed by atoms with Crippen molar-refractivity contribution < 1.29 is 17.9 Å². The topological polar surface area (TPSA) is 123 Å². The van der Waals surface area contributed by atoms with E-state index in [1.807, 2.05) is 30.3 Å². The molecule has 0 atom stereocenters. The molecule has 1 amide bonds. The average molecular weight is 394 g/mol. The Bertz CT molecular complexity index is 902. The lowest BCUT2D eigenvalue weighted by Gasteiger charge is -2.13. The molecule has 2 aromatic carbocycles. The highest BCUT2D eigenvalue weighted by Crippen LogP contribution is 2.21. The Balaban J connectivity index is 1.99. The van der Waals surface area contributed by atoms with Crippen LogP contribution in [0.4, 0.5) is 0 Å². The molecule has 0 aromatic heterocycles. The lowest BCUT2D eigenvalue weighted by molar-refractivity contribution is 0.0940. The first-order valence-electron chi connectivity index (χ1n) is 7.40. The van der Waals surface area contributed by atoms with Gasteiger partial charge in [-0.3, -0.25) is 15.6 Å². The smallest absolute Gasteiger partial charge is 0.273 e. The van der Waals surface area contributed by atoms with Crippen LogP contribution in [0.3, 0.4) is 0 Å². The van der Waals surface area contributed by atoms with E-state index in [0.717, 1.165) is 11.6 Å². The number of ether oxygens (including phenoxy) is 1. The molecule has 0 aliphatic carbocycles. The highest BCUT2D eigenvalue weighted by molar-refractivity contribution is 7.89. The first kappa shape index (κ1) is 19.6. The maximum atomic E-state index is 12.3. The van der Waals surface area contributed by atoms with Gasteiger partial charge in [0, 0.05) is 6.54 Å². The summed E-state index contributed by atoms with van der Waals surface area (Å²) in [5.41, 5.74) is 5.94. The van der Waals surface area contributed by atoms with Crippen LogP contribution in [-0.4, -0.2) is 26.5 Å². The van der Waals surface area contributed by atoms with E-state index in [-0.39, 0.29) is 21.3 Å². The summed E-state index contributed by atoms with van der Waals surface area (Å²) in [6.45, 7) is 0.479. The summed E-state index contributed by atoms with van der Waals surface area (Å²) in [6, 6.07) is 13.3. The van der Waals surface area contributed by atoms with Crippen LogP contribution >= 0.6 is 12.2 Å². The fraction of sp³-hybridized carbons (Fsp3) is 0.125. The standard InChI is InChI=1S/C16H18N4O4S2/c1-24-14-8-7-12(26(17,22)23)9-13(14)15(21)19-20-16(25)18-10-11-5-3-2-4-6-11/h2-9H,10H2,1H3,(H,19,21)(H2,17,22,23)(H2,18,20,25). The van der Waals surface area contributed by atoms with Crippen LogP contribution in [0.5, 0.6) is 5.75 Å². The van der Waals surface area contributed by atoms with Crippen LogP contribution in [0.2, 0.25) is 0 Å². The number of hydrazine groups is 1. The molecule has 0 radical (unpaired) electrons. The van der Waals surface area contributed by atoms with Crippen LogP contribution in [0.15, 0.2) is 53.4 Å². The minimum Gasteiger partial charge on any atom is -0.496 e. The maximum absolute atomic E-state index is 12.3. The number of rotatable bonds is 5. The third kappa shape index (κ3) is 5.41. The predicted molar refractivity (Wildman–Crippen MR) is 101 cm³/mol. The summed E-state index contributed by atoms with van der Waals surface area (Å²) in [5, 5.41) is 8.21. The number of sulfonamides is 1. The van der Waals surface area contributed by atoms with E-state index in [1.165, 1.54) is 19.2 Å². The van der Waals surface area contributed by atoms with Gasteiger partial charge in [-0.05, 0) is 36.0 Å². The van der Waals surface area contributed by atoms with Crippen molar-refractivity contribution in [3.05, 3.63) is 59.7 Å². The Labute approximate surface area is 156 Å². The predicted octanol–water partition coefficient (Wildman–Crippen LogP) is 0.652. The number of hydrogen-bond donors (Lipinski definition) is 4. The van der Waals surface area contributed by atoms with E-state index in [2.05, 4.69) is 16.2 Å². The number of benzene rings is 2. The van der Waals surface area contributed by atoms with Gasteiger partial charge in [-0.25, -0.2) is 13.6 Å². The minimum atomic E-state index is -3.95. The van der Waals surface area contributed by atoms with Gasteiger partial charge in [-0.2, -0.15) is 0 Å². The second-order valence-corrected chi connectivity index (χ2v) is 7.12. The van der Waals surface area contributed by atoms with E-state index in [9.17, 15) is 13.2 Å². The first-order valence-corrected chi connectivity index (χ1v) is 9.35. The van der Waals surface area contributed by atoms with E-state index in [1.54, 1.807) is 0 Å². The van der Waals surface area contributed by atoms with E-state index >= 15 is 0 Å². The van der Waals surface area contributed by atoms with Crippen LogP contribution in [0.1, 0.15) is 15.9 Å². The summed E-state index contributed by atoms with van der Waals surface area (Å²) in [7, 11) is -2.59. The number of nitrogens with two attached hydrogens (primary N) is 1. The highest BCUT2D eigenvalue weighted by Gasteiger charge is 2.17. The van der Waals surface area contributed by atoms with Gasteiger partial charge in [0.15, 0.2) is 5.11 Å². The monoisotopic (exact) mass is 394 g/mol. The largest absolute Gasteiger partial charge is 0.496 e. The number of nitrogens with one attached hydrogen (secondary N) is 3. The third-order valence-electron chi connectivity index (χ3n) is 3.33. The van der Waals surface area contributed by atoms with Crippen molar-refractivity contribution in [3.8, 4) is 5.75 Å². The number of carbonyl (C=O) groups is 1. The average Bonchev–Trinajstić information content (AvgIpc) is 2.64. The number of carbonyl (C=O) groups excluding carboxylic acids is 1.